The van der Waals surface area contributed by atoms with E-state index in [4.69, 9.17) is 22.3 Å². The van der Waals surface area contributed by atoms with Crippen molar-refractivity contribution >= 4 is 31.3 Å². The van der Waals surface area contributed by atoms with Crippen molar-refractivity contribution in [3.63, 3.8) is 0 Å². The zero-order valence-electron chi connectivity index (χ0n) is 6.42. The van der Waals surface area contributed by atoms with Gasteiger partial charge in [-0.2, -0.15) is 0 Å². The number of halogens is 4. The van der Waals surface area contributed by atoms with Crippen LogP contribution in [0.1, 0.15) is 12.0 Å². The third-order valence-electron chi connectivity index (χ3n) is 1.34. The summed E-state index contributed by atoms with van der Waals surface area (Å²) in [6, 6.07) is 0.783. The molecule has 1 aromatic heterocycles. The van der Waals surface area contributed by atoms with Crippen molar-refractivity contribution in [1.82, 2.24) is 4.98 Å². The smallest absolute Gasteiger partial charge is 0.243 e. The van der Waals surface area contributed by atoms with Gasteiger partial charge in [0, 0.05) is 16.9 Å². The van der Waals surface area contributed by atoms with Crippen molar-refractivity contribution in [2.24, 2.45) is 0 Å². The number of aromatic nitrogens is 1. The SMILES string of the molecule is O=S(=O)(Cl)c1cc(Cl)c(C(F)F)cn1. The first-order chi connectivity index (χ1) is 6.32. The Kier molecular flexibility index (Phi) is 3.28. The number of pyridine rings is 1. The van der Waals surface area contributed by atoms with E-state index in [0.29, 0.717) is 6.20 Å². The van der Waals surface area contributed by atoms with Gasteiger partial charge in [-0.15, -0.1) is 0 Å². The summed E-state index contributed by atoms with van der Waals surface area (Å²) in [5.74, 6) is 0. The molecule has 3 nitrogen and oxygen atoms in total. The highest BCUT2D eigenvalue weighted by molar-refractivity contribution is 8.13. The summed E-state index contributed by atoms with van der Waals surface area (Å²) in [7, 11) is 0.890. The van der Waals surface area contributed by atoms with Crippen molar-refractivity contribution in [1.29, 1.82) is 0 Å². The van der Waals surface area contributed by atoms with Crippen LogP contribution >= 0.6 is 22.3 Å². The minimum absolute atomic E-state index is 0.380. The van der Waals surface area contributed by atoms with Crippen LogP contribution in [0.15, 0.2) is 17.3 Å². The molecule has 0 aliphatic rings. The topological polar surface area (TPSA) is 47.0 Å². The number of hydrogen-bond acceptors (Lipinski definition) is 3. The van der Waals surface area contributed by atoms with Gasteiger partial charge >= 0.3 is 0 Å². The van der Waals surface area contributed by atoms with E-state index in [2.05, 4.69) is 4.98 Å². The van der Waals surface area contributed by atoms with Crippen LogP contribution in [0.2, 0.25) is 5.02 Å². The average molecular weight is 262 g/mol. The van der Waals surface area contributed by atoms with E-state index < -0.39 is 26.1 Å². The maximum absolute atomic E-state index is 12.1. The van der Waals surface area contributed by atoms with E-state index in [0.717, 1.165) is 6.07 Å². The Bertz CT molecular complexity index is 449. The molecule has 0 aliphatic carbocycles. The molecule has 0 bridgehead atoms. The standard InChI is InChI=1S/C6H3Cl2F2NO2S/c7-4-1-5(14(8,12)13)11-2-3(4)6(9)10/h1-2,6H. The predicted octanol–water partition coefficient (Wildman–Crippen LogP) is 2.60. The van der Waals surface area contributed by atoms with Gasteiger partial charge in [0.15, 0.2) is 5.03 Å². The molecule has 0 N–H and O–H groups in total. The molecule has 78 valence electrons. The van der Waals surface area contributed by atoms with E-state index in [1.54, 1.807) is 0 Å². The van der Waals surface area contributed by atoms with Crippen LogP contribution in [-0.2, 0) is 9.05 Å². The Balaban J connectivity index is 3.27. The second-order valence-electron chi connectivity index (χ2n) is 2.28. The average Bonchev–Trinajstić information content (AvgIpc) is 2.01. The summed E-state index contributed by atoms with van der Waals surface area (Å²) in [4.78, 5) is 3.25. The number of rotatable bonds is 2. The highest BCUT2D eigenvalue weighted by Gasteiger charge is 2.17. The minimum Gasteiger partial charge on any atom is -0.243 e. The Hall–Kier alpha value is -0.460. The molecule has 0 spiro atoms. The molecule has 0 saturated heterocycles. The van der Waals surface area contributed by atoms with Gasteiger partial charge in [-0.3, -0.25) is 0 Å². The maximum atomic E-state index is 12.1. The monoisotopic (exact) mass is 261 g/mol. The molecule has 0 aliphatic heterocycles. The van der Waals surface area contributed by atoms with E-state index in [1.807, 2.05) is 0 Å². The van der Waals surface area contributed by atoms with Crippen molar-refractivity contribution in [3.05, 3.63) is 22.8 Å². The number of nitrogens with zero attached hydrogens (tertiary/aromatic N) is 1. The summed E-state index contributed by atoms with van der Waals surface area (Å²) in [5.41, 5.74) is -0.532. The Labute approximate surface area is 88.1 Å². The highest BCUT2D eigenvalue weighted by atomic mass is 35.7. The molecule has 14 heavy (non-hydrogen) atoms. The molecule has 0 atom stereocenters. The third kappa shape index (κ3) is 2.52. The first kappa shape index (κ1) is 11.6. The molecule has 1 aromatic rings. The van der Waals surface area contributed by atoms with Gasteiger partial charge in [-0.1, -0.05) is 11.6 Å². The summed E-state index contributed by atoms with van der Waals surface area (Å²) in [6.45, 7) is 0. The summed E-state index contributed by atoms with van der Waals surface area (Å²) in [5, 5.41) is -0.928. The normalized spacial score (nSPS) is 12.1. The number of alkyl halides is 2. The molecule has 0 saturated carbocycles. The lowest BCUT2D eigenvalue weighted by Crippen LogP contribution is -1.97. The molecule has 1 rings (SSSR count). The largest absolute Gasteiger partial charge is 0.278 e. The van der Waals surface area contributed by atoms with E-state index in [-0.39, 0.29) is 5.02 Å². The van der Waals surface area contributed by atoms with E-state index in [9.17, 15) is 17.2 Å². The first-order valence-electron chi connectivity index (χ1n) is 3.20. The van der Waals surface area contributed by atoms with Gasteiger partial charge in [0.05, 0.1) is 10.6 Å². The quantitative estimate of drug-likeness (QED) is 0.769. The van der Waals surface area contributed by atoms with Gasteiger partial charge in [0.1, 0.15) is 0 Å². The van der Waals surface area contributed by atoms with Crippen molar-refractivity contribution in [3.8, 4) is 0 Å². The zero-order chi connectivity index (χ0) is 10.9. The fourth-order valence-corrected chi connectivity index (χ4v) is 1.71. The fraction of sp³-hybridized carbons (Fsp3) is 0.167. The Morgan fingerprint density at radius 2 is 2.00 bits per heavy atom. The van der Waals surface area contributed by atoms with Crippen LogP contribution in [0.25, 0.3) is 0 Å². The molecular weight excluding hydrogens is 259 g/mol. The van der Waals surface area contributed by atoms with Crippen LogP contribution in [0.4, 0.5) is 8.78 Å². The van der Waals surface area contributed by atoms with Crippen molar-refractivity contribution in [2.75, 3.05) is 0 Å². The lowest BCUT2D eigenvalue weighted by molar-refractivity contribution is 0.151. The second-order valence-corrected chi connectivity index (χ2v) is 5.20. The minimum atomic E-state index is -4.04. The lowest BCUT2D eigenvalue weighted by Gasteiger charge is -2.02. The molecule has 1 heterocycles. The molecule has 0 radical (unpaired) electrons. The molecule has 0 aromatic carbocycles. The molecule has 0 amide bonds. The Morgan fingerprint density at radius 3 is 2.36 bits per heavy atom. The third-order valence-corrected chi connectivity index (χ3v) is 2.87. The van der Waals surface area contributed by atoms with Gasteiger partial charge in [-0.05, 0) is 6.07 Å². The van der Waals surface area contributed by atoms with E-state index >= 15 is 0 Å². The van der Waals surface area contributed by atoms with Gasteiger partial charge in [-0.25, -0.2) is 22.2 Å². The Morgan fingerprint density at radius 1 is 1.43 bits per heavy atom. The van der Waals surface area contributed by atoms with Gasteiger partial charge < -0.3 is 0 Å². The highest BCUT2D eigenvalue weighted by Crippen LogP contribution is 2.28. The van der Waals surface area contributed by atoms with Crippen LogP contribution in [-0.4, -0.2) is 13.4 Å². The van der Waals surface area contributed by atoms with Crippen LogP contribution in [0, 0.1) is 0 Å². The number of hydrogen-bond donors (Lipinski definition) is 0. The molecule has 0 fully saturated rings. The van der Waals surface area contributed by atoms with Crippen LogP contribution < -0.4 is 0 Å². The second kappa shape index (κ2) is 3.96. The molecule has 0 unspecified atom stereocenters. The summed E-state index contributed by atoms with van der Waals surface area (Å²) in [6.07, 6.45) is -2.12. The first-order valence-corrected chi connectivity index (χ1v) is 5.89. The van der Waals surface area contributed by atoms with Gasteiger partial charge in [0.25, 0.3) is 15.5 Å². The molecule has 8 heteroatoms. The van der Waals surface area contributed by atoms with Crippen LogP contribution in [0.3, 0.4) is 0 Å². The zero-order valence-corrected chi connectivity index (χ0v) is 8.74. The van der Waals surface area contributed by atoms with Crippen molar-refractivity contribution in [2.45, 2.75) is 11.5 Å². The van der Waals surface area contributed by atoms with Crippen molar-refractivity contribution < 1.29 is 17.2 Å². The van der Waals surface area contributed by atoms with Gasteiger partial charge in [0.2, 0.25) is 0 Å². The van der Waals surface area contributed by atoms with Crippen LogP contribution in [0.5, 0.6) is 0 Å². The predicted molar refractivity (Wildman–Crippen MR) is 47.2 cm³/mol. The molecular formula is C6H3Cl2F2NO2S. The summed E-state index contributed by atoms with van der Waals surface area (Å²) >= 11 is 5.39. The summed E-state index contributed by atoms with van der Waals surface area (Å²) < 4.78 is 45.7. The lowest BCUT2D eigenvalue weighted by atomic mass is 10.3. The maximum Gasteiger partial charge on any atom is 0.278 e. The van der Waals surface area contributed by atoms with E-state index in [1.165, 1.54) is 0 Å². The fourth-order valence-electron chi connectivity index (χ4n) is 0.718.